The second-order valence-corrected chi connectivity index (χ2v) is 5.70. The van der Waals surface area contributed by atoms with Gasteiger partial charge in [-0.2, -0.15) is 0 Å². The first kappa shape index (κ1) is 15.3. The second-order valence-electron chi connectivity index (χ2n) is 5.33. The largest absolute Gasteiger partial charge is 0.507 e. The van der Waals surface area contributed by atoms with Gasteiger partial charge in [0, 0.05) is 37.3 Å². The molecular formula is C16H18ClNO4. The van der Waals surface area contributed by atoms with Crippen molar-refractivity contribution in [2.75, 3.05) is 20.8 Å². The number of aromatic nitrogens is 1. The lowest BCUT2D eigenvalue weighted by molar-refractivity contribution is -0.121. The normalized spacial score (nSPS) is 14.7. The summed E-state index contributed by atoms with van der Waals surface area (Å²) in [4.78, 5) is 4.59. The zero-order chi connectivity index (χ0) is 15.7. The summed E-state index contributed by atoms with van der Waals surface area (Å²) in [5, 5.41) is 11.2. The van der Waals surface area contributed by atoms with Crippen LogP contribution in [0.2, 0.25) is 5.02 Å². The average Bonchev–Trinajstić information content (AvgIpc) is 3.35. The Morgan fingerprint density at radius 1 is 1.32 bits per heavy atom. The smallest absolute Gasteiger partial charge is 0.191 e. The second kappa shape index (κ2) is 6.28. The molecule has 5 nitrogen and oxygen atoms in total. The Morgan fingerprint density at radius 3 is 2.68 bits per heavy atom. The van der Waals surface area contributed by atoms with Crippen LogP contribution in [0, 0.1) is 0 Å². The van der Waals surface area contributed by atoms with Crippen LogP contribution >= 0.6 is 11.6 Å². The molecule has 1 aliphatic rings. The Morgan fingerprint density at radius 2 is 2.05 bits per heavy atom. The van der Waals surface area contributed by atoms with Crippen LogP contribution in [0.3, 0.4) is 0 Å². The van der Waals surface area contributed by atoms with Crippen molar-refractivity contribution >= 4 is 22.5 Å². The van der Waals surface area contributed by atoms with E-state index in [1.165, 1.54) is 0 Å². The van der Waals surface area contributed by atoms with E-state index in [9.17, 15) is 5.11 Å². The number of hydrogen-bond donors (Lipinski definition) is 1. The summed E-state index contributed by atoms with van der Waals surface area (Å²) in [6.45, 7) is 0.215. The first-order valence-electron chi connectivity index (χ1n) is 7.14. The van der Waals surface area contributed by atoms with E-state index in [1.807, 2.05) is 0 Å². The summed E-state index contributed by atoms with van der Waals surface area (Å²) in [6, 6.07) is 5.19. The van der Waals surface area contributed by atoms with E-state index < -0.39 is 6.29 Å². The van der Waals surface area contributed by atoms with Crippen LogP contribution in [-0.4, -0.2) is 37.2 Å². The molecule has 0 amide bonds. The van der Waals surface area contributed by atoms with E-state index in [4.69, 9.17) is 25.8 Å². The van der Waals surface area contributed by atoms with Crippen molar-refractivity contribution in [3.63, 3.8) is 0 Å². The van der Waals surface area contributed by atoms with Crippen LogP contribution < -0.4 is 4.74 Å². The van der Waals surface area contributed by atoms with Gasteiger partial charge in [-0.1, -0.05) is 11.6 Å². The SMILES string of the molecule is COC(COc1ccc2c(O)cc(C3CC3)nc2c1Cl)OC. The number of halogens is 1. The number of methoxy groups -OCH3 is 2. The maximum atomic E-state index is 10.2. The summed E-state index contributed by atoms with van der Waals surface area (Å²) in [5.74, 6) is 1.13. The van der Waals surface area contributed by atoms with Gasteiger partial charge in [0.25, 0.3) is 0 Å². The molecule has 6 heteroatoms. The number of fused-ring (bicyclic) bond motifs is 1. The van der Waals surface area contributed by atoms with Crippen LogP contribution in [0.4, 0.5) is 0 Å². The number of hydrogen-bond acceptors (Lipinski definition) is 5. The number of ether oxygens (including phenoxy) is 3. The molecule has 0 saturated heterocycles. The molecule has 1 fully saturated rings. The maximum absolute atomic E-state index is 10.2. The first-order chi connectivity index (χ1) is 10.6. The zero-order valence-corrected chi connectivity index (χ0v) is 13.3. The van der Waals surface area contributed by atoms with E-state index in [2.05, 4.69) is 4.98 Å². The van der Waals surface area contributed by atoms with E-state index in [1.54, 1.807) is 32.4 Å². The quantitative estimate of drug-likeness (QED) is 0.825. The molecule has 1 aliphatic carbocycles. The Kier molecular flexibility index (Phi) is 4.38. The fourth-order valence-corrected chi connectivity index (χ4v) is 2.59. The van der Waals surface area contributed by atoms with Crippen molar-refractivity contribution in [2.45, 2.75) is 25.0 Å². The molecule has 1 saturated carbocycles. The number of pyridine rings is 1. The molecule has 0 atom stereocenters. The fourth-order valence-electron chi connectivity index (χ4n) is 2.33. The highest BCUT2D eigenvalue weighted by Gasteiger charge is 2.26. The van der Waals surface area contributed by atoms with Gasteiger partial charge in [-0.15, -0.1) is 0 Å². The number of nitrogens with zero attached hydrogens (tertiary/aromatic N) is 1. The third kappa shape index (κ3) is 2.97. The highest BCUT2D eigenvalue weighted by atomic mass is 35.5. The molecule has 0 spiro atoms. The Labute approximate surface area is 133 Å². The number of benzene rings is 1. The van der Waals surface area contributed by atoms with Crippen molar-refractivity contribution in [1.82, 2.24) is 4.98 Å². The van der Waals surface area contributed by atoms with E-state index in [0.29, 0.717) is 27.6 Å². The third-order valence-electron chi connectivity index (χ3n) is 3.78. The summed E-state index contributed by atoms with van der Waals surface area (Å²) in [6.07, 6.45) is 1.75. The van der Waals surface area contributed by atoms with Crippen molar-refractivity contribution in [3.05, 3.63) is 28.9 Å². The highest BCUT2D eigenvalue weighted by molar-refractivity contribution is 6.36. The van der Waals surface area contributed by atoms with Gasteiger partial charge >= 0.3 is 0 Å². The van der Waals surface area contributed by atoms with Gasteiger partial charge in [0.15, 0.2) is 6.29 Å². The molecule has 1 heterocycles. The van der Waals surface area contributed by atoms with Crippen molar-refractivity contribution in [2.24, 2.45) is 0 Å². The molecular weight excluding hydrogens is 306 g/mol. The van der Waals surface area contributed by atoms with Gasteiger partial charge in [0.2, 0.25) is 0 Å². The van der Waals surface area contributed by atoms with Crippen molar-refractivity contribution < 1.29 is 19.3 Å². The predicted octanol–water partition coefficient (Wildman–Crippen LogP) is 3.47. The van der Waals surface area contributed by atoms with E-state index >= 15 is 0 Å². The minimum absolute atomic E-state index is 0.201. The van der Waals surface area contributed by atoms with E-state index in [-0.39, 0.29) is 12.4 Å². The molecule has 0 bridgehead atoms. The lowest BCUT2D eigenvalue weighted by atomic mass is 10.1. The fraction of sp³-hybridized carbons (Fsp3) is 0.438. The molecule has 0 radical (unpaired) electrons. The molecule has 22 heavy (non-hydrogen) atoms. The van der Waals surface area contributed by atoms with Crippen molar-refractivity contribution in [3.8, 4) is 11.5 Å². The summed E-state index contributed by atoms with van der Waals surface area (Å²) in [7, 11) is 3.09. The van der Waals surface area contributed by atoms with Gasteiger partial charge < -0.3 is 19.3 Å². The Bertz CT molecular complexity index is 683. The molecule has 118 valence electrons. The Balaban J connectivity index is 1.93. The van der Waals surface area contributed by atoms with Crippen molar-refractivity contribution in [1.29, 1.82) is 0 Å². The highest BCUT2D eigenvalue weighted by Crippen LogP contribution is 2.43. The van der Waals surface area contributed by atoms with Crippen LogP contribution in [0.5, 0.6) is 11.5 Å². The lowest BCUT2D eigenvalue weighted by Gasteiger charge is -2.16. The molecule has 1 aromatic heterocycles. The van der Waals surface area contributed by atoms with Gasteiger partial charge in [-0.3, -0.25) is 4.98 Å². The van der Waals surface area contributed by atoms with Gasteiger partial charge in [0.1, 0.15) is 23.1 Å². The minimum Gasteiger partial charge on any atom is -0.507 e. The monoisotopic (exact) mass is 323 g/mol. The molecule has 0 aliphatic heterocycles. The summed E-state index contributed by atoms with van der Waals surface area (Å²) < 4.78 is 15.8. The maximum Gasteiger partial charge on any atom is 0.191 e. The topological polar surface area (TPSA) is 60.8 Å². The molecule has 0 unspecified atom stereocenters. The number of rotatable bonds is 6. The van der Waals surface area contributed by atoms with Crippen LogP contribution in [0.25, 0.3) is 10.9 Å². The minimum atomic E-state index is -0.467. The van der Waals surface area contributed by atoms with Crippen LogP contribution in [0.15, 0.2) is 18.2 Å². The molecule has 2 aromatic rings. The Hall–Kier alpha value is -1.56. The summed E-state index contributed by atoms with van der Waals surface area (Å²) >= 11 is 6.40. The number of aromatic hydroxyl groups is 1. The standard InChI is InChI=1S/C16H18ClNO4/c1-20-14(21-2)8-22-13-6-5-10-12(19)7-11(9-3-4-9)18-16(10)15(13)17/h5-7,9,14H,3-4,8H2,1-2H3,(H,18,19). The lowest BCUT2D eigenvalue weighted by Crippen LogP contribution is -2.22. The van der Waals surface area contributed by atoms with E-state index in [0.717, 1.165) is 18.5 Å². The first-order valence-corrected chi connectivity index (χ1v) is 7.52. The van der Waals surface area contributed by atoms with Gasteiger partial charge in [-0.25, -0.2) is 0 Å². The van der Waals surface area contributed by atoms with Gasteiger partial charge in [-0.05, 0) is 25.0 Å². The van der Waals surface area contributed by atoms with Crippen LogP contribution in [0.1, 0.15) is 24.5 Å². The predicted molar refractivity (Wildman–Crippen MR) is 83.7 cm³/mol. The zero-order valence-electron chi connectivity index (χ0n) is 12.5. The summed E-state index contributed by atoms with van der Waals surface area (Å²) in [5.41, 5.74) is 1.45. The molecule has 1 N–H and O–H groups in total. The molecule has 1 aromatic carbocycles. The molecule has 3 rings (SSSR count). The average molecular weight is 324 g/mol. The third-order valence-corrected chi connectivity index (χ3v) is 4.14. The van der Waals surface area contributed by atoms with Crippen LogP contribution in [-0.2, 0) is 9.47 Å². The van der Waals surface area contributed by atoms with Gasteiger partial charge in [0.05, 0.1) is 5.52 Å².